The molecule has 0 radical (unpaired) electrons. The predicted octanol–water partition coefficient (Wildman–Crippen LogP) is 2.73. The zero-order valence-electron chi connectivity index (χ0n) is 10.1. The summed E-state index contributed by atoms with van der Waals surface area (Å²) in [7, 11) is 0. The molecule has 4 heteroatoms. The third-order valence-electron chi connectivity index (χ3n) is 3.21. The Morgan fingerprint density at radius 3 is 2.61 bits per heavy atom. The van der Waals surface area contributed by atoms with Crippen LogP contribution in [0.1, 0.15) is 24.8 Å². The molecule has 1 aromatic carbocycles. The van der Waals surface area contributed by atoms with Gasteiger partial charge in [-0.3, -0.25) is 4.99 Å². The van der Waals surface area contributed by atoms with Crippen LogP contribution in [-0.4, -0.2) is 23.5 Å². The monoisotopic (exact) mass is 308 g/mol. The van der Waals surface area contributed by atoms with Crippen LogP contribution in [0.3, 0.4) is 0 Å². The van der Waals surface area contributed by atoms with Gasteiger partial charge in [-0.1, -0.05) is 28.1 Å². The first-order chi connectivity index (χ1) is 8.70. The molecule has 0 aromatic heterocycles. The number of benzene rings is 1. The van der Waals surface area contributed by atoms with Crippen LogP contribution in [0.25, 0.3) is 5.57 Å². The molecule has 0 amide bonds. The van der Waals surface area contributed by atoms with E-state index in [4.69, 9.17) is 5.73 Å². The molecule has 2 rings (SSSR count). The van der Waals surface area contributed by atoms with Crippen LogP contribution in [0, 0.1) is 0 Å². The fraction of sp³-hybridized carbons (Fsp3) is 0.357. The Labute approximate surface area is 116 Å². The van der Waals surface area contributed by atoms with Crippen LogP contribution in [0.2, 0.25) is 0 Å². The molecule has 96 valence electrons. The molecule has 0 saturated heterocycles. The summed E-state index contributed by atoms with van der Waals surface area (Å²) >= 11 is 3.40. The topological polar surface area (TPSA) is 58.6 Å². The molecule has 2 atom stereocenters. The molecule has 1 aliphatic rings. The standard InChI is InChI=1S/C14H17BrN2O/c15-12-6-4-10(5-7-12)11(8-16)9-17-13-2-1-3-14(13)18/h4-9,13-14,18H,1-3,16H2/t13-,14-/m0/s1. The van der Waals surface area contributed by atoms with Gasteiger partial charge >= 0.3 is 0 Å². The lowest BCUT2D eigenvalue weighted by atomic mass is 10.1. The maximum Gasteiger partial charge on any atom is 0.0763 e. The first-order valence-corrected chi connectivity index (χ1v) is 6.89. The second-order valence-corrected chi connectivity index (χ2v) is 5.39. The van der Waals surface area contributed by atoms with Gasteiger partial charge in [0.05, 0.1) is 12.1 Å². The minimum atomic E-state index is -0.301. The van der Waals surface area contributed by atoms with Crippen molar-refractivity contribution in [1.82, 2.24) is 0 Å². The minimum absolute atomic E-state index is 0.0235. The second-order valence-electron chi connectivity index (χ2n) is 4.47. The lowest BCUT2D eigenvalue weighted by Crippen LogP contribution is -2.16. The molecule has 0 heterocycles. The van der Waals surface area contributed by atoms with Crippen LogP contribution in [0.5, 0.6) is 0 Å². The van der Waals surface area contributed by atoms with Crippen molar-refractivity contribution in [3.63, 3.8) is 0 Å². The second kappa shape index (κ2) is 6.16. The van der Waals surface area contributed by atoms with Crippen LogP contribution < -0.4 is 5.73 Å². The number of rotatable bonds is 3. The first kappa shape index (κ1) is 13.3. The highest BCUT2D eigenvalue weighted by atomic mass is 79.9. The van der Waals surface area contributed by atoms with Crippen LogP contribution in [-0.2, 0) is 0 Å². The summed E-state index contributed by atoms with van der Waals surface area (Å²) in [5.74, 6) is 0. The quantitative estimate of drug-likeness (QED) is 0.844. The van der Waals surface area contributed by atoms with E-state index >= 15 is 0 Å². The predicted molar refractivity (Wildman–Crippen MR) is 78.4 cm³/mol. The summed E-state index contributed by atoms with van der Waals surface area (Å²) < 4.78 is 1.03. The first-order valence-electron chi connectivity index (χ1n) is 6.10. The van der Waals surface area contributed by atoms with Gasteiger partial charge in [0.2, 0.25) is 0 Å². The van der Waals surface area contributed by atoms with E-state index in [1.165, 1.54) is 0 Å². The van der Waals surface area contributed by atoms with E-state index in [2.05, 4.69) is 20.9 Å². The number of allylic oxidation sites excluding steroid dienone is 1. The smallest absolute Gasteiger partial charge is 0.0763 e. The fourth-order valence-corrected chi connectivity index (χ4v) is 2.39. The number of hydrogen-bond acceptors (Lipinski definition) is 3. The van der Waals surface area contributed by atoms with Crippen molar-refractivity contribution in [2.24, 2.45) is 10.7 Å². The summed E-state index contributed by atoms with van der Waals surface area (Å²) in [6.07, 6.45) is 5.86. The molecular formula is C14H17BrN2O. The minimum Gasteiger partial charge on any atom is -0.404 e. The summed E-state index contributed by atoms with van der Waals surface area (Å²) in [4.78, 5) is 4.44. The van der Waals surface area contributed by atoms with E-state index in [1.54, 1.807) is 12.4 Å². The molecule has 0 bridgehead atoms. The number of hydrogen-bond donors (Lipinski definition) is 2. The Morgan fingerprint density at radius 1 is 1.33 bits per heavy atom. The molecule has 1 aromatic rings. The Balaban J connectivity index is 2.10. The highest BCUT2D eigenvalue weighted by Crippen LogP contribution is 2.22. The van der Waals surface area contributed by atoms with Gasteiger partial charge in [0.1, 0.15) is 0 Å². The highest BCUT2D eigenvalue weighted by Gasteiger charge is 2.23. The molecule has 1 saturated carbocycles. The van der Waals surface area contributed by atoms with Crippen molar-refractivity contribution in [2.45, 2.75) is 31.4 Å². The van der Waals surface area contributed by atoms with Gasteiger partial charge < -0.3 is 10.8 Å². The molecule has 0 aliphatic heterocycles. The van der Waals surface area contributed by atoms with Crippen molar-refractivity contribution in [3.8, 4) is 0 Å². The van der Waals surface area contributed by atoms with Crippen molar-refractivity contribution in [2.75, 3.05) is 0 Å². The van der Waals surface area contributed by atoms with Gasteiger partial charge in [0.25, 0.3) is 0 Å². The van der Waals surface area contributed by atoms with Gasteiger partial charge in [-0.05, 0) is 37.0 Å². The van der Waals surface area contributed by atoms with Crippen molar-refractivity contribution < 1.29 is 5.11 Å². The third kappa shape index (κ3) is 3.21. The SMILES string of the molecule is NC=C(C=N[C@H]1CCC[C@@H]1O)c1ccc(Br)cc1. The third-order valence-corrected chi connectivity index (χ3v) is 3.73. The summed E-state index contributed by atoms with van der Waals surface area (Å²) in [6.45, 7) is 0. The molecule has 1 aliphatic carbocycles. The molecular weight excluding hydrogens is 292 g/mol. The number of nitrogens with zero attached hydrogens (tertiary/aromatic N) is 1. The maximum atomic E-state index is 9.71. The van der Waals surface area contributed by atoms with E-state index in [-0.39, 0.29) is 12.1 Å². The van der Waals surface area contributed by atoms with Gasteiger partial charge in [-0.2, -0.15) is 0 Å². The van der Waals surface area contributed by atoms with Crippen LogP contribution >= 0.6 is 15.9 Å². The van der Waals surface area contributed by atoms with Crippen molar-refractivity contribution in [1.29, 1.82) is 0 Å². The number of halogens is 1. The fourth-order valence-electron chi connectivity index (χ4n) is 2.13. The van der Waals surface area contributed by atoms with Crippen molar-refractivity contribution >= 4 is 27.7 Å². The molecule has 3 N–H and O–H groups in total. The van der Waals surface area contributed by atoms with Gasteiger partial charge in [-0.15, -0.1) is 0 Å². The summed E-state index contributed by atoms with van der Waals surface area (Å²) in [5.41, 5.74) is 7.54. The van der Waals surface area contributed by atoms with E-state index < -0.39 is 0 Å². The Morgan fingerprint density at radius 2 is 2.06 bits per heavy atom. The lowest BCUT2D eigenvalue weighted by Gasteiger charge is -2.09. The van der Waals surface area contributed by atoms with Crippen LogP contribution in [0.4, 0.5) is 0 Å². The molecule has 0 unspecified atom stereocenters. The number of aliphatic imine (C=N–C) groups is 1. The molecule has 18 heavy (non-hydrogen) atoms. The maximum absolute atomic E-state index is 9.71. The zero-order chi connectivity index (χ0) is 13.0. The van der Waals surface area contributed by atoms with E-state index in [0.717, 1.165) is 34.9 Å². The molecule has 0 spiro atoms. The Bertz CT molecular complexity index is 453. The number of aliphatic hydroxyl groups is 1. The Hall–Kier alpha value is -1.13. The van der Waals surface area contributed by atoms with Gasteiger partial charge in [0.15, 0.2) is 0 Å². The molecule has 1 fully saturated rings. The van der Waals surface area contributed by atoms with Gasteiger partial charge in [0, 0.05) is 22.5 Å². The Kier molecular flexibility index (Phi) is 4.55. The highest BCUT2D eigenvalue weighted by molar-refractivity contribution is 9.10. The van der Waals surface area contributed by atoms with Crippen LogP contribution in [0.15, 0.2) is 39.9 Å². The molecule has 3 nitrogen and oxygen atoms in total. The summed E-state index contributed by atoms with van der Waals surface area (Å²) in [6, 6.07) is 7.93. The number of aliphatic hydroxyl groups excluding tert-OH is 1. The van der Waals surface area contributed by atoms with Gasteiger partial charge in [-0.25, -0.2) is 0 Å². The van der Waals surface area contributed by atoms with E-state index in [9.17, 15) is 5.11 Å². The van der Waals surface area contributed by atoms with Crippen molar-refractivity contribution in [3.05, 3.63) is 40.5 Å². The normalized spacial score (nSPS) is 24.9. The largest absolute Gasteiger partial charge is 0.404 e. The zero-order valence-corrected chi connectivity index (χ0v) is 11.7. The summed E-state index contributed by atoms with van der Waals surface area (Å²) in [5, 5.41) is 9.71. The average Bonchev–Trinajstić information content (AvgIpc) is 2.78. The number of nitrogens with two attached hydrogens (primary N) is 1. The average molecular weight is 309 g/mol. The van der Waals surface area contributed by atoms with E-state index in [1.807, 2.05) is 24.3 Å². The lowest BCUT2D eigenvalue weighted by molar-refractivity contribution is 0.166. The van der Waals surface area contributed by atoms with E-state index in [0.29, 0.717) is 0 Å².